The minimum atomic E-state index is -3.32. The highest BCUT2D eigenvalue weighted by Gasteiger charge is 2.18. The molecule has 6 heteroatoms. The van der Waals surface area contributed by atoms with E-state index in [2.05, 4.69) is 20.7 Å². The van der Waals surface area contributed by atoms with Crippen molar-refractivity contribution < 1.29 is 8.42 Å². The maximum absolute atomic E-state index is 12.1. The first-order valence-electron chi connectivity index (χ1n) is 6.74. The lowest BCUT2D eigenvalue weighted by atomic mass is 10.0. The monoisotopic (exact) mass is 365 g/mol. The van der Waals surface area contributed by atoms with Gasteiger partial charge in [-0.1, -0.05) is 25.7 Å². The fourth-order valence-electron chi connectivity index (χ4n) is 2.53. The van der Waals surface area contributed by atoms with Crippen LogP contribution in [0.5, 0.6) is 0 Å². The molecule has 0 amide bonds. The summed E-state index contributed by atoms with van der Waals surface area (Å²) < 4.78 is 28.1. The Hall–Kier alpha value is 0.0900. The second kappa shape index (κ2) is 6.70. The van der Waals surface area contributed by atoms with Crippen LogP contribution in [-0.4, -0.2) is 15.0 Å². The van der Waals surface area contributed by atoms with Gasteiger partial charge in [0.2, 0.25) is 10.0 Å². The van der Waals surface area contributed by atoms with Gasteiger partial charge in [0, 0.05) is 6.54 Å². The number of thiophene rings is 1. The molecule has 0 aliphatic heterocycles. The van der Waals surface area contributed by atoms with Gasteiger partial charge in [-0.15, -0.1) is 11.3 Å². The maximum Gasteiger partial charge on any atom is 0.250 e. The molecular weight excluding hydrogens is 346 g/mol. The summed E-state index contributed by atoms with van der Waals surface area (Å²) in [4.78, 5) is 0. The lowest BCUT2D eigenvalue weighted by molar-refractivity contribution is 0.480. The van der Waals surface area contributed by atoms with E-state index in [4.69, 9.17) is 0 Å². The van der Waals surface area contributed by atoms with E-state index in [1.165, 1.54) is 37.0 Å². The van der Waals surface area contributed by atoms with Gasteiger partial charge >= 0.3 is 0 Å². The van der Waals surface area contributed by atoms with Crippen LogP contribution in [0.25, 0.3) is 0 Å². The van der Waals surface area contributed by atoms with Crippen LogP contribution < -0.4 is 4.72 Å². The average molecular weight is 366 g/mol. The third kappa shape index (κ3) is 4.28. The number of halogens is 1. The standard InChI is InChI=1S/C13H20BrNO2S2/c1-10-9-12(18-13(10)14)19(16,17)15-8-4-7-11-5-2-3-6-11/h9,11,15H,2-8H2,1H3. The maximum atomic E-state index is 12.1. The van der Waals surface area contributed by atoms with Crippen LogP contribution in [0.1, 0.15) is 44.1 Å². The van der Waals surface area contributed by atoms with E-state index >= 15 is 0 Å². The molecule has 1 saturated carbocycles. The average Bonchev–Trinajstić information content (AvgIpc) is 2.96. The van der Waals surface area contributed by atoms with Crippen molar-refractivity contribution in [2.45, 2.75) is 49.7 Å². The highest BCUT2D eigenvalue weighted by Crippen LogP contribution is 2.31. The third-order valence-corrected chi connectivity index (χ3v) is 7.73. The lowest BCUT2D eigenvalue weighted by Crippen LogP contribution is -2.24. The van der Waals surface area contributed by atoms with E-state index in [1.54, 1.807) is 6.07 Å². The van der Waals surface area contributed by atoms with Gasteiger partial charge in [0.05, 0.1) is 3.79 Å². The van der Waals surface area contributed by atoms with E-state index in [0.29, 0.717) is 10.8 Å². The van der Waals surface area contributed by atoms with Crippen LogP contribution in [0.15, 0.2) is 14.1 Å². The zero-order valence-electron chi connectivity index (χ0n) is 11.1. The molecule has 1 fully saturated rings. The van der Waals surface area contributed by atoms with Gasteiger partial charge in [-0.2, -0.15) is 0 Å². The molecule has 1 aliphatic carbocycles. The molecule has 1 heterocycles. The summed E-state index contributed by atoms with van der Waals surface area (Å²) in [6, 6.07) is 1.72. The molecule has 1 aromatic rings. The minimum Gasteiger partial charge on any atom is -0.210 e. The van der Waals surface area contributed by atoms with Crippen molar-refractivity contribution >= 4 is 37.3 Å². The summed E-state index contributed by atoms with van der Waals surface area (Å²) in [6.45, 7) is 2.45. The van der Waals surface area contributed by atoms with Crippen LogP contribution in [-0.2, 0) is 10.0 Å². The number of sulfonamides is 1. The van der Waals surface area contributed by atoms with E-state index in [1.807, 2.05) is 6.92 Å². The molecule has 1 aliphatic rings. The molecule has 0 aromatic carbocycles. The van der Waals surface area contributed by atoms with Crippen molar-refractivity contribution in [2.24, 2.45) is 5.92 Å². The Morgan fingerprint density at radius 1 is 1.42 bits per heavy atom. The molecule has 0 saturated heterocycles. The lowest BCUT2D eigenvalue weighted by Gasteiger charge is -2.09. The number of rotatable bonds is 6. The van der Waals surface area contributed by atoms with Crippen LogP contribution in [0.3, 0.4) is 0 Å². The zero-order chi connectivity index (χ0) is 13.9. The van der Waals surface area contributed by atoms with Crippen LogP contribution in [0.4, 0.5) is 0 Å². The molecule has 0 unspecified atom stereocenters. The summed E-state index contributed by atoms with van der Waals surface area (Å²) in [5.74, 6) is 0.822. The highest BCUT2D eigenvalue weighted by atomic mass is 79.9. The Morgan fingerprint density at radius 3 is 2.68 bits per heavy atom. The fraction of sp³-hybridized carbons (Fsp3) is 0.692. The van der Waals surface area contributed by atoms with E-state index in [0.717, 1.165) is 28.1 Å². The molecule has 3 nitrogen and oxygen atoms in total. The molecular formula is C13H20BrNO2S2. The largest absolute Gasteiger partial charge is 0.250 e. The summed E-state index contributed by atoms with van der Waals surface area (Å²) >= 11 is 4.63. The smallest absolute Gasteiger partial charge is 0.210 e. The molecule has 0 bridgehead atoms. The van der Waals surface area contributed by atoms with Crippen molar-refractivity contribution in [1.82, 2.24) is 4.72 Å². The molecule has 0 radical (unpaired) electrons. The Kier molecular flexibility index (Phi) is 5.45. The second-order valence-electron chi connectivity index (χ2n) is 5.21. The molecule has 0 atom stereocenters. The first kappa shape index (κ1) is 15.5. The van der Waals surface area contributed by atoms with Crippen molar-refractivity contribution in [3.05, 3.63) is 15.4 Å². The van der Waals surface area contributed by atoms with Crippen LogP contribution in [0, 0.1) is 12.8 Å². The summed E-state index contributed by atoms with van der Waals surface area (Å²) in [6.07, 6.45) is 7.43. The fourth-order valence-corrected chi connectivity index (χ4v) is 5.88. The van der Waals surface area contributed by atoms with Crippen molar-refractivity contribution in [2.75, 3.05) is 6.54 Å². The molecule has 2 rings (SSSR count). The third-order valence-electron chi connectivity index (χ3n) is 3.66. The Bertz CT molecular complexity index is 499. The topological polar surface area (TPSA) is 46.2 Å². The van der Waals surface area contributed by atoms with Gasteiger partial charge < -0.3 is 0 Å². The molecule has 19 heavy (non-hydrogen) atoms. The zero-order valence-corrected chi connectivity index (χ0v) is 14.3. The molecule has 0 spiro atoms. The number of aryl methyl sites for hydroxylation is 1. The van der Waals surface area contributed by atoms with Gasteiger partial charge in [0.15, 0.2) is 0 Å². The predicted octanol–water partition coefficient (Wildman–Crippen LogP) is 4.07. The summed E-state index contributed by atoms with van der Waals surface area (Å²) in [7, 11) is -3.32. The van der Waals surface area contributed by atoms with Crippen molar-refractivity contribution in [3.63, 3.8) is 0 Å². The van der Waals surface area contributed by atoms with Gasteiger partial charge in [-0.3, -0.25) is 0 Å². The van der Waals surface area contributed by atoms with Gasteiger partial charge in [-0.05, 0) is 53.2 Å². The summed E-state index contributed by atoms with van der Waals surface area (Å²) in [5.41, 5.74) is 0.969. The van der Waals surface area contributed by atoms with E-state index in [-0.39, 0.29) is 0 Å². The van der Waals surface area contributed by atoms with Gasteiger partial charge in [0.25, 0.3) is 0 Å². The normalized spacial score (nSPS) is 17.2. The van der Waals surface area contributed by atoms with E-state index < -0.39 is 10.0 Å². The Balaban J connectivity index is 1.80. The Labute approximate surface area is 128 Å². The molecule has 1 aromatic heterocycles. The highest BCUT2D eigenvalue weighted by molar-refractivity contribution is 9.11. The van der Waals surface area contributed by atoms with Crippen molar-refractivity contribution in [1.29, 1.82) is 0 Å². The van der Waals surface area contributed by atoms with Crippen LogP contribution >= 0.6 is 27.3 Å². The SMILES string of the molecule is Cc1cc(S(=O)(=O)NCCCC2CCCC2)sc1Br. The minimum absolute atomic E-state index is 0.401. The summed E-state index contributed by atoms with van der Waals surface area (Å²) in [5, 5.41) is 0. The van der Waals surface area contributed by atoms with Gasteiger partial charge in [-0.25, -0.2) is 13.1 Å². The van der Waals surface area contributed by atoms with Gasteiger partial charge in [0.1, 0.15) is 4.21 Å². The van der Waals surface area contributed by atoms with Crippen molar-refractivity contribution in [3.8, 4) is 0 Å². The number of nitrogens with one attached hydrogen (secondary N) is 1. The Morgan fingerprint density at radius 2 is 2.11 bits per heavy atom. The van der Waals surface area contributed by atoms with Crippen LogP contribution in [0.2, 0.25) is 0 Å². The second-order valence-corrected chi connectivity index (χ2v) is 9.58. The predicted molar refractivity (Wildman–Crippen MR) is 83.1 cm³/mol. The number of hydrogen-bond donors (Lipinski definition) is 1. The molecule has 108 valence electrons. The number of hydrogen-bond acceptors (Lipinski definition) is 3. The van der Waals surface area contributed by atoms with E-state index in [9.17, 15) is 8.42 Å². The first-order valence-corrected chi connectivity index (χ1v) is 9.84. The molecule has 1 N–H and O–H groups in total. The quantitative estimate of drug-likeness (QED) is 0.772. The first-order chi connectivity index (χ1) is 8.99.